The van der Waals surface area contributed by atoms with E-state index in [1.165, 1.54) is 0 Å². The van der Waals surface area contributed by atoms with Crippen LogP contribution in [0.3, 0.4) is 0 Å². The monoisotopic (exact) mass is 430 g/mol. The van der Waals surface area contributed by atoms with Crippen molar-refractivity contribution in [1.29, 1.82) is 0 Å². The maximum atomic E-state index is 12.7. The van der Waals surface area contributed by atoms with Gasteiger partial charge in [-0.05, 0) is 48.4 Å². The van der Waals surface area contributed by atoms with Gasteiger partial charge in [-0.2, -0.15) is 0 Å². The molecule has 2 aromatic carbocycles. The molecule has 164 valence electrons. The summed E-state index contributed by atoms with van der Waals surface area (Å²) in [5.41, 5.74) is 5.79. The Bertz CT molecular complexity index is 1100. The summed E-state index contributed by atoms with van der Waals surface area (Å²) < 4.78 is 11.6. The molecule has 0 radical (unpaired) electrons. The highest BCUT2D eigenvalue weighted by Crippen LogP contribution is 2.38. The number of aromatic nitrogens is 2. The molecule has 0 saturated carbocycles. The van der Waals surface area contributed by atoms with E-state index in [4.69, 9.17) is 9.47 Å². The molecule has 3 aromatic rings. The first-order valence-electron chi connectivity index (χ1n) is 10.9. The number of carbonyl (C=O) groups excluding carboxylic acids is 1. The van der Waals surface area contributed by atoms with Crippen LogP contribution in [0, 0.1) is 6.92 Å². The van der Waals surface area contributed by atoms with E-state index in [9.17, 15) is 4.79 Å². The van der Waals surface area contributed by atoms with Crippen LogP contribution in [-0.2, 0) is 11.2 Å². The van der Waals surface area contributed by atoms with Gasteiger partial charge in [-0.1, -0.05) is 6.07 Å². The Balaban J connectivity index is 1.22. The van der Waals surface area contributed by atoms with Gasteiger partial charge in [0, 0.05) is 48.7 Å². The van der Waals surface area contributed by atoms with E-state index in [0.717, 1.165) is 66.5 Å². The molecule has 3 heterocycles. The zero-order valence-corrected chi connectivity index (χ0v) is 18.1. The molecule has 0 spiro atoms. The van der Waals surface area contributed by atoms with Gasteiger partial charge in [0.1, 0.15) is 11.9 Å². The van der Waals surface area contributed by atoms with Crippen molar-refractivity contribution in [1.82, 2.24) is 15.3 Å². The Morgan fingerprint density at radius 1 is 1.16 bits per heavy atom. The van der Waals surface area contributed by atoms with Crippen molar-refractivity contribution in [2.24, 2.45) is 0 Å². The number of morpholine rings is 1. The fraction of sp³-hybridized carbons (Fsp3) is 0.320. The van der Waals surface area contributed by atoms with E-state index in [2.05, 4.69) is 39.2 Å². The molecular weight excluding hydrogens is 404 g/mol. The lowest BCUT2D eigenvalue weighted by Crippen LogP contribution is -2.36. The highest BCUT2D eigenvalue weighted by Gasteiger charge is 2.27. The number of rotatable bonds is 5. The van der Waals surface area contributed by atoms with Gasteiger partial charge in [0.25, 0.3) is 5.91 Å². The number of fused-ring (bicyclic) bond motifs is 1. The number of carbonyl (C=O) groups is 1. The third kappa shape index (κ3) is 4.29. The molecular formula is C25H26N4O3. The van der Waals surface area contributed by atoms with Crippen molar-refractivity contribution < 1.29 is 14.3 Å². The van der Waals surface area contributed by atoms with Crippen LogP contribution >= 0.6 is 0 Å². The minimum atomic E-state index is -0.112. The van der Waals surface area contributed by atoms with E-state index in [0.29, 0.717) is 12.1 Å². The molecule has 0 bridgehead atoms. The number of amides is 1. The first-order valence-corrected chi connectivity index (χ1v) is 10.9. The van der Waals surface area contributed by atoms with Gasteiger partial charge in [-0.15, -0.1) is 0 Å². The Morgan fingerprint density at radius 2 is 1.97 bits per heavy atom. The zero-order chi connectivity index (χ0) is 21.9. The number of aryl methyl sites for hydroxylation is 1. The molecule has 1 amide bonds. The summed E-state index contributed by atoms with van der Waals surface area (Å²) in [7, 11) is 0. The van der Waals surface area contributed by atoms with Crippen molar-refractivity contribution in [3.63, 3.8) is 0 Å². The van der Waals surface area contributed by atoms with Crippen LogP contribution in [0.4, 0.5) is 5.69 Å². The molecule has 1 saturated heterocycles. The quantitative estimate of drug-likeness (QED) is 0.671. The van der Waals surface area contributed by atoms with Crippen molar-refractivity contribution in [2.75, 3.05) is 37.7 Å². The van der Waals surface area contributed by atoms with E-state index >= 15 is 0 Å². The van der Waals surface area contributed by atoms with Crippen LogP contribution in [0.1, 0.15) is 21.5 Å². The number of nitrogens with one attached hydrogen (secondary N) is 1. The third-order valence-electron chi connectivity index (χ3n) is 5.88. The Labute approximate surface area is 187 Å². The lowest BCUT2D eigenvalue weighted by molar-refractivity contribution is 0.0933. The summed E-state index contributed by atoms with van der Waals surface area (Å²) in [6, 6.07) is 12.0. The smallest absolute Gasteiger partial charge is 0.251 e. The molecule has 0 aliphatic carbocycles. The first kappa shape index (κ1) is 20.5. The third-order valence-corrected chi connectivity index (χ3v) is 5.88. The second-order valence-electron chi connectivity index (χ2n) is 8.19. The number of benzene rings is 2. The normalized spacial score (nSPS) is 17.5. The van der Waals surface area contributed by atoms with Gasteiger partial charge in [-0.25, -0.2) is 0 Å². The largest absolute Gasteiger partial charge is 0.487 e. The molecule has 5 rings (SSSR count). The summed E-state index contributed by atoms with van der Waals surface area (Å²) in [5, 5.41) is 3.02. The maximum absolute atomic E-state index is 12.7. The average molecular weight is 431 g/mol. The van der Waals surface area contributed by atoms with Crippen LogP contribution in [0.2, 0.25) is 0 Å². The SMILES string of the molecule is Cc1cc2c(c(-c3cnccn3)c1)OC(CNC(=O)c1ccc(N3CCOCC3)cc1)C2. The summed E-state index contributed by atoms with van der Waals surface area (Å²) in [5.74, 6) is 0.744. The predicted octanol–water partition coefficient (Wildman–Crippen LogP) is 3.02. The van der Waals surface area contributed by atoms with E-state index in [-0.39, 0.29) is 12.0 Å². The number of hydrogen-bond donors (Lipinski definition) is 1. The molecule has 1 atom stereocenters. The van der Waals surface area contributed by atoms with Gasteiger partial charge in [0.15, 0.2) is 0 Å². The van der Waals surface area contributed by atoms with E-state index < -0.39 is 0 Å². The highest BCUT2D eigenvalue weighted by molar-refractivity contribution is 5.94. The lowest BCUT2D eigenvalue weighted by atomic mass is 10.0. The molecule has 2 aliphatic rings. The second-order valence-corrected chi connectivity index (χ2v) is 8.19. The standard InChI is InChI=1S/C25H26N4O3/c1-17-12-19-14-21(32-24(19)22(13-17)23-16-26-6-7-27-23)15-28-25(30)18-2-4-20(5-3-18)29-8-10-31-11-9-29/h2-7,12-13,16,21H,8-11,14-15H2,1H3,(H,28,30). The topological polar surface area (TPSA) is 76.6 Å². The number of ether oxygens (including phenoxy) is 2. The molecule has 1 fully saturated rings. The van der Waals surface area contributed by atoms with Crippen LogP contribution in [0.15, 0.2) is 55.0 Å². The Morgan fingerprint density at radius 3 is 2.72 bits per heavy atom. The fourth-order valence-electron chi connectivity index (χ4n) is 4.29. The summed E-state index contributed by atoms with van der Waals surface area (Å²) in [6.45, 7) is 5.74. The van der Waals surface area contributed by atoms with Crippen molar-refractivity contribution >= 4 is 11.6 Å². The van der Waals surface area contributed by atoms with Crippen molar-refractivity contribution in [3.05, 3.63) is 71.7 Å². The first-order chi connectivity index (χ1) is 15.7. The van der Waals surface area contributed by atoms with Crippen LogP contribution in [0.25, 0.3) is 11.3 Å². The van der Waals surface area contributed by atoms with Crippen molar-refractivity contribution in [2.45, 2.75) is 19.4 Å². The summed E-state index contributed by atoms with van der Waals surface area (Å²) >= 11 is 0. The average Bonchev–Trinajstić information content (AvgIpc) is 3.26. The number of anilines is 1. The van der Waals surface area contributed by atoms with E-state index in [1.54, 1.807) is 18.6 Å². The molecule has 2 aliphatic heterocycles. The van der Waals surface area contributed by atoms with Gasteiger partial charge in [0.05, 0.1) is 31.6 Å². The molecule has 1 N–H and O–H groups in total. The van der Waals surface area contributed by atoms with Gasteiger partial charge < -0.3 is 19.7 Å². The summed E-state index contributed by atoms with van der Waals surface area (Å²) in [4.78, 5) is 23.6. The minimum Gasteiger partial charge on any atom is -0.487 e. The summed E-state index contributed by atoms with van der Waals surface area (Å²) in [6.07, 6.45) is 5.72. The Kier molecular flexibility index (Phi) is 5.73. The number of nitrogens with zero attached hydrogens (tertiary/aromatic N) is 3. The zero-order valence-electron chi connectivity index (χ0n) is 18.1. The molecule has 7 heteroatoms. The van der Waals surface area contributed by atoms with Gasteiger partial charge >= 0.3 is 0 Å². The minimum absolute atomic E-state index is 0.0941. The lowest BCUT2D eigenvalue weighted by Gasteiger charge is -2.28. The van der Waals surface area contributed by atoms with Gasteiger partial charge in [-0.3, -0.25) is 14.8 Å². The molecule has 32 heavy (non-hydrogen) atoms. The maximum Gasteiger partial charge on any atom is 0.251 e. The van der Waals surface area contributed by atoms with Crippen molar-refractivity contribution in [3.8, 4) is 17.0 Å². The Hall–Kier alpha value is -3.45. The predicted molar refractivity (Wildman–Crippen MR) is 122 cm³/mol. The van der Waals surface area contributed by atoms with Crippen LogP contribution in [0.5, 0.6) is 5.75 Å². The highest BCUT2D eigenvalue weighted by atomic mass is 16.5. The van der Waals surface area contributed by atoms with E-state index in [1.807, 2.05) is 24.3 Å². The van der Waals surface area contributed by atoms with Crippen LogP contribution in [-0.4, -0.2) is 54.8 Å². The molecule has 1 aromatic heterocycles. The molecule has 1 unspecified atom stereocenters. The fourth-order valence-corrected chi connectivity index (χ4v) is 4.29. The van der Waals surface area contributed by atoms with Gasteiger partial charge in [0.2, 0.25) is 0 Å². The molecule has 7 nitrogen and oxygen atoms in total. The second kappa shape index (κ2) is 8.96. The number of hydrogen-bond acceptors (Lipinski definition) is 6. The van der Waals surface area contributed by atoms with Crippen LogP contribution < -0.4 is 15.0 Å².